The van der Waals surface area contributed by atoms with Crippen molar-refractivity contribution in [3.63, 3.8) is 0 Å². The van der Waals surface area contributed by atoms with Gasteiger partial charge in [-0.15, -0.1) is 0 Å². The van der Waals surface area contributed by atoms with Crippen LogP contribution in [-0.4, -0.2) is 71.0 Å². The first-order valence-corrected chi connectivity index (χ1v) is 6.60. The van der Waals surface area contributed by atoms with Crippen molar-refractivity contribution < 1.29 is 33.0 Å². The number of halogens is 3. The average Bonchev–Trinajstić information content (AvgIpc) is 2.81. The second-order valence-corrected chi connectivity index (χ2v) is 5.15. The molecule has 1 atom stereocenters. The van der Waals surface area contributed by atoms with Gasteiger partial charge in [-0.25, -0.2) is 4.79 Å². The van der Waals surface area contributed by atoms with Crippen molar-refractivity contribution in [3.8, 4) is 0 Å². The van der Waals surface area contributed by atoms with E-state index < -0.39 is 43.3 Å². The number of carboxylic acids is 1. The summed E-state index contributed by atoms with van der Waals surface area (Å²) in [6, 6.07) is -0.891. The number of urea groups is 1. The van der Waals surface area contributed by atoms with Gasteiger partial charge in [-0.1, -0.05) is 6.92 Å². The third-order valence-electron chi connectivity index (χ3n) is 3.77. The van der Waals surface area contributed by atoms with Gasteiger partial charge in [-0.3, -0.25) is 4.79 Å². The molecule has 1 saturated heterocycles. The lowest BCUT2D eigenvalue weighted by atomic mass is 9.84. The van der Waals surface area contributed by atoms with Crippen LogP contribution in [0.15, 0.2) is 0 Å². The minimum Gasteiger partial charge on any atom is -0.481 e. The molecule has 2 N–H and O–H groups in total. The molecule has 1 heterocycles. The van der Waals surface area contributed by atoms with E-state index in [4.69, 9.17) is 5.11 Å². The summed E-state index contributed by atoms with van der Waals surface area (Å²) in [5, 5.41) is 18.0. The number of hydrogen-bond acceptors (Lipinski definition) is 3. The standard InChI is InChI=1S/C12H19F3N2O4/c1-2-11(9(19)20)3-4-16(7-11)10(21)17(5-6-18)8-12(13,14)15/h18H,2-8H2,1H3,(H,19,20). The number of aliphatic carboxylic acids is 1. The van der Waals surface area contributed by atoms with E-state index in [2.05, 4.69) is 0 Å². The van der Waals surface area contributed by atoms with Gasteiger partial charge in [0.1, 0.15) is 6.54 Å². The highest BCUT2D eigenvalue weighted by atomic mass is 19.4. The van der Waals surface area contributed by atoms with E-state index >= 15 is 0 Å². The van der Waals surface area contributed by atoms with Crippen molar-refractivity contribution >= 4 is 12.0 Å². The van der Waals surface area contributed by atoms with Gasteiger partial charge in [0.05, 0.1) is 12.0 Å². The number of carbonyl (C=O) groups is 2. The normalized spacial score (nSPS) is 22.4. The summed E-state index contributed by atoms with van der Waals surface area (Å²) >= 11 is 0. The first-order valence-electron chi connectivity index (χ1n) is 6.60. The molecular weight excluding hydrogens is 293 g/mol. The summed E-state index contributed by atoms with van der Waals surface area (Å²) in [5.41, 5.74) is -1.10. The maximum absolute atomic E-state index is 12.4. The quantitative estimate of drug-likeness (QED) is 0.798. The van der Waals surface area contributed by atoms with Crippen LogP contribution in [0.4, 0.5) is 18.0 Å². The third kappa shape index (κ3) is 4.23. The molecule has 0 aromatic heterocycles. The van der Waals surface area contributed by atoms with Crippen LogP contribution in [0.5, 0.6) is 0 Å². The predicted molar refractivity (Wildman–Crippen MR) is 66.7 cm³/mol. The van der Waals surface area contributed by atoms with Crippen molar-refractivity contribution in [3.05, 3.63) is 0 Å². The van der Waals surface area contributed by atoms with Crippen molar-refractivity contribution in [2.45, 2.75) is 25.9 Å². The Bertz CT molecular complexity index is 402. The molecule has 21 heavy (non-hydrogen) atoms. The minimum absolute atomic E-state index is 0.0960. The van der Waals surface area contributed by atoms with Gasteiger partial charge < -0.3 is 20.0 Å². The SMILES string of the molecule is CCC1(C(=O)O)CCN(C(=O)N(CCO)CC(F)(F)F)C1. The van der Waals surface area contributed by atoms with Crippen molar-refractivity contribution in [2.75, 3.05) is 32.8 Å². The van der Waals surface area contributed by atoms with Gasteiger partial charge in [0.25, 0.3) is 0 Å². The Balaban J connectivity index is 2.80. The lowest BCUT2D eigenvalue weighted by molar-refractivity contribution is -0.148. The van der Waals surface area contributed by atoms with E-state index in [1.807, 2.05) is 0 Å². The zero-order chi connectivity index (χ0) is 16.3. The molecule has 0 aromatic carbocycles. The lowest BCUT2D eigenvalue weighted by Gasteiger charge is -2.29. The maximum Gasteiger partial charge on any atom is 0.406 e. The van der Waals surface area contributed by atoms with Crippen LogP contribution in [0.2, 0.25) is 0 Å². The van der Waals surface area contributed by atoms with Crippen molar-refractivity contribution in [1.29, 1.82) is 0 Å². The number of amides is 2. The molecule has 0 bridgehead atoms. The largest absolute Gasteiger partial charge is 0.481 e. The van der Waals surface area contributed by atoms with Gasteiger partial charge in [-0.05, 0) is 12.8 Å². The summed E-state index contributed by atoms with van der Waals surface area (Å²) in [6.45, 7) is -0.844. The Morgan fingerprint density at radius 1 is 1.38 bits per heavy atom. The second kappa shape index (κ2) is 6.50. The monoisotopic (exact) mass is 312 g/mol. The van der Waals surface area contributed by atoms with Gasteiger partial charge in [0.2, 0.25) is 0 Å². The number of alkyl halides is 3. The fourth-order valence-electron chi connectivity index (χ4n) is 2.43. The summed E-state index contributed by atoms with van der Waals surface area (Å²) < 4.78 is 37.3. The number of carbonyl (C=O) groups excluding carboxylic acids is 1. The lowest BCUT2D eigenvalue weighted by Crippen LogP contribution is -2.48. The summed E-state index contributed by atoms with van der Waals surface area (Å²) in [4.78, 5) is 25.0. The Kier molecular flexibility index (Phi) is 5.43. The molecule has 0 radical (unpaired) electrons. The van der Waals surface area contributed by atoms with Gasteiger partial charge in [-0.2, -0.15) is 13.2 Å². The summed E-state index contributed by atoms with van der Waals surface area (Å²) in [7, 11) is 0. The molecule has 0 aliphatic carbocycles. The molecule has 9 heteroatoms. The van der Waals surface area contributed by atoms with Crippen LogP contribution in [0, 0.1) is 5.41 Å². The Hall–Kier alpha value is -1.51. The fraction of sp³-hybridized carbons (Fsp3) is 0.833. The molecule has 0 spiro atoms. The highest BCUT2D eigenvalue weighted by Gasteiger charge is 2.46. The van der Waals surface area contributed by atoms with Crippen molar-refractivity contribution in [1.82, 2.24) is 9.80 Å². The van der Waals surface area contributed by atoms with E-state index in [-0.39, 0.29) is 19.5 Å². The smallest absolute Gasteiger partial charge is 0.406 e. The maximum atomic E-state index is 12.4. The highest BCUT2D eigenvalue weighted by molar-refractivity contribution is 5.79. The number of likely N-dealkylation sites (tertiary alicyclic amines) is 1. The van der Waals surface area contributed by atoms with Gasteiger partial charge in [0, 0.05) is 19.6 Å². The van der Waals surface area contributed by atoms with Crippen LogP contribution in [0.25, 0.3) is 0 Å². The molecule has 1 unspecified atom stereocenters. The molecular formula is C12H19F3N2O4. The number of aliphatic hydroxyl groups is 1. The predicted octanol–water partition coefficient (Wildman–Crippen LogP) is 1.15. The van der Waals surface area contributed by atoms with Crippen molar-refractivity contribution in [2.24, 2.45) is 5.41 Å². The van der Waals surface area contributed by atoms with E-state index in [0.717, 1.165) is 4.90 Å². The number of hydrogen-bond donors (Lipinski definition) is 2. The van der Waals surface area contributed by atoms with Gasteiger partial charge >= 0.3 is 18.2 Å². The third-order valence-corrected chi connectivity index (χ3v) is 3.77. The number of aliphatic hydroxyl groups excluding tert-OH is 1. The average molecular weight is 312 g/mol. The second-order valence-electron chi connectivity index (χ2n) is 5.15. The number of nitrogens with zero attached hydrogens (tertiary/aromatic N) is 2. The molecule has 1 aliphatic heterocycles. The van der Waals surface area contributed by atoms with Crippen LogP contribution in [-0.2, 0) is 4.79 Å². The minimum atomic E-state index is -4.57. The molecule has 1 aliphatic rings. The topological polar surface area (TPSA) is 81.1 Å². The van der Waals surface area contributed by atoms with Crippen LogP contribution in [0.1, 0.15) is 19.8 Å². The zero-order valence-electron chi connectivity index (χ0n) is 11.7. The van der Waals surface area contributed by atoms with E-state index in [9.17, 15) is 27.9 Å². The number of rotatable bonds is 5. The first kappa shape index (κ1) is 17.5. The van der Waals surface area contributed by atoms with Crippen LogP contribution < -0.4 is 0 Å². The molecule has 122 valence electrons. The highest BCUT2D eigenvalue weighted by Crippen LogP contribution is 2.34. The summed E-state index contributed by atoms with van der Waals surface area (Å²) in [6.07, 6.45) is -4.06. The van der Waals surface area contributed by atoms with Crippen LogP contribution in [0.3, 0.4) is 0 Å². The number of carboxylic acid groups (broad SMARTS) is 1. The molecule has 2 amide bonds. The molecule has 1 rings (SSSR count). The molecule has 6 nitrogen and oxygen atoms in total. The van der Waals surface area contributed by atoms with E-state index in [0.29, 0.717) is 11.3 Å². The molecule has 1 fully saturated rings. The zero-order valence-corrected chi connectivity index (χ0v) is 11.7. The fourth-order valence-corrected chi connectivity index (χ4v) is 2.43. The Morgan fingerprint density at radius 3 is 2.38 bits per heavy atom. The molecule has 0 aromatic rings. The Morgan fingerprint density at radius 2 is 2.00 bits per heavy atom. The molecule has 0 saturated carbocycles. The van der Waals surface area contributed by atoms with E-state index in [1.54, 1.807) is 6.92 Å². The van der Waals surface area contributed by atoms with E-state index in [1.165, 1.54) is 0 Å². The van der Waals surface area contributed by atoms with Crippen LogP contribution >= 0.6 is 0 Å². The Labute approximate surface area is 120 Å². The first-order chi connectivity index (χ1) is 9.65. The van der Waals surface area contributed by atoms with Gasteiger partial charge in [0.15, 0.2) is 0 Å². The summed E-state index contributed by atoms with van der Waals surface area (Å²) in [5.74, 6) is -1.05.